The molecule has 7 nitrogen and oxygen atoms in total. The molecule has 0 bridgehead atoms. The van der Waals surface area contributed by atoms with Crippen molar-refractivity contribution in [2.75, 3.05) is 50.2 Å². The molecule has 24 heavy (non-hydrogen) atoms. The number of rotatable bonds is 4. The molecule has 2 aliphatic heterocycles. The minimum absolute atomic E-state index is 0.211. The Morgan fingerprint density at radius 1 is 0.875 bits per heavy atom. The van der Waals surface area contributed by atoms with Crippen LogP contribution in [0.1, 0.15) is 39.0 Å². The van der Waals surface area contributed by atoms with E-state index >= 15 is 0 Å². The van der Waals surface area contributed by atoms with Gasteiger partial charge >= 0.3 is 6.01 Å². The van der Waals surface area contributed by atoms with E-state index in [2.05, 4.69) is 26.7 Å². The Labute approximate surface area is 144 Å². The Hall–Kier alpha value is -1.63. The van der Waals surface area contributed by atoms with Crippen LogP contribution < -0.4 is 14.5 Å². The van der Waals surface area contributed by atoms with Crippen molar-refractivity contribution in [2.45, 2.75) is 45.1 Å². The second-order valence-corrected chi connectivity index (χ2v) is 6.81. The van der Waals surface area contributed by atoms with E-state index in [0.29, 0.717) is 17.9 Å². The van der Waals surface area contributed by atoms with Crippen LogP contribution in [0.3, 0.4) is 0 Å². The highest BCUT2D eigenvalue weighted by atomic mass is 16.5. The predicted molar refractivity (Wildman–Crippen MR) is 93.9 cm³/mol. The molecule has 0 N–H and O–H groups in total. The SMILES string of the molecule is COc1nc(N2CCCCCC2)nc(N2CCC(C)C(OC)C2)n1. The summed E-state index contributed by atoms with van der Waals surface area (Å²) in [5, 5.41) is 0. The first-order valence-corrected chi connectivity index (χ1v) is 9.04. The molecule has 2 saturated heterocycles. The molecule has 1 aromatic rings. The Bertz CT molecular complexity index is 534. The van der Waals surface area contributed by atoms with Gasteiger partial charge in [-0.25, -0.2) is 0 Å². The number of nitrogens with zero attached hydrogens (tertiary/aromatic N) is 5. The van der Waals surface area contributed by atoms with Gasteiger partial charge in [-0.2, -0.15) is 15.0 Å². The zero-order valence-electron chi connectivity index (χ0n) is 15.1. The molecule has 0 radical (unpaired) electrons. The maximum Gasteiger partial charge on any atom is 0.322 e. The lowest BCUT2D eigenvalue weighted by molar-refractivity contribution is 0.0494. The van der Waals surface area contributed by atoms with Crippen LogP contribution in [0.15, 0.2) is 0 Å². The second-order valence-electron chi connectivity index (χ2n) is 6.81. The number of methoxy groups -OCH3 is 2. The minimum atomic E-state index is 0.211. The normalized spacial score (nSPS) is 25.5. The Morgan fingerprint density at radius 2 is 1.54 bits per heavy atom. The van der Waals surface area contributed by atoms with Crippen LogP contribution in [-0.4, -0.2) is 61.5 Å². The van der Waals surface area contributed by atoms with E-state index in [0.717, 1.165) is 38.5 Å². The molecule has 2 fully saturated rings. The van der Waals surface area contributed by atoms with Crippen molar-refractivity contribution in [3.05, 3.63) is 0 Å². The van der Waals surface area contributed by atoms with E-state index in [1.165, 1.54) is 25.7 Å². The van der Waals surface area contributed by atoms with E-state index in [9.17, 15) is 0 Å². The minimum Gasteiger partial charge on any atom is -0.467 e. The van der Waals surface area contributed by atoms with Crippen molar-refractivity contribution >= 4 is 11.9 Å². The molecule has 0 amide bonds. The van der Waals surface area contributed by atoms with Crippen LogP contribution in [0, 0.1) is 5.92 Å². The lowest BCUT2D eigenvalue weighted by Gasteiger charge is -2.36. The van der Waals surface area contributed by atoms with Gasteiger partial charge in [-0.05, 0) is 25.2 Å². The summed E-state index contributed by atoms with van der Waals surface area (Å²) >= 11 is 0. The van der Waals surface area contributed by atoms with E-state index in [1.54, 1.807) is 14.2 Å². The third-order valence-electron chi connectivity index (χ3n) is 5.14. The van der Waals surface area contributed by atoms with Crippen molar-refractivity contribution in [1.82, 2.24) is 15.0 Å². The highest BCUT2D eigenvalue weighted by Gasteiger charge is 2.28. The molecule has 0 spiro atoms. The number of piperidine rings is 1. The first-order valence-electron chi connectivity index (χ1n) is 9.04. The summed E-state index contributed by atoms with van der Waals surface area (Å²) in [4.78, 5) is 18.2. The van der Waals surface area contributed by atoms with Crippen molar-refractivity contribution in [1.29, 1.82) is 0 Å². The van der Waals surface area contributed by atoms with Gasteiger partial charge in [-0.15, -0.1) is 0 Å². The first kappa shape index (κ1) is 17.2. The Morgan fingerprint density at radius 3 is 2.17 bits per heavy atom. The summed E-state index contributed by atoms with van der Waals surface area (Å²) in [6.45, 7) is 5.99. The van der Waals surface area contributed by atoms with Crippen LogP contribution in [0.5, 0.6) is 6.01 Å². The Balaban J connectivity index is 1.83. The summed E-state index contributed by atoms with van der Waals surface area (Å²) in [5.41, 5.74) is 0. The van der Waals surface area contributed by atoms with Gasteiger partial charge in [-0.3, -0.25) is 0 Å². The number of anilines is 2. The fourth-order valence-corrected chi connectivity index (χ4v) is 3.50. The zero-order valence-corrected chi connectivity index (χ0v) is 15.1. The maximum absolute atomic E-state index is 5.62. The smallest absolute Gasteiger partial charge is 0.322 e. The molecule has 7 heteroatoms. The first-order chi connectivity index (χ1) is 11.7. The zero-order chi connectivity index (χ0) is 16.9. The van der Waals surface area contributed by atoms with Gasteiger partial charge in [0.15, 0.2) is 0 Å². The predicted octanol–water partition coefficient (Wildman–Crippen LogP) is 2.12. The van der Waals surface area contributed by atoms with E-state index < -0.39 is 0 Å². The molecular formula is C17H29N5O2. The fraction of sp³-hybridized carbons (Fsp3) is 0.824. The van der Waals surface area contributed by atoms with Crippen LogP contribution >= 0.6 is 0 Å². The van der Waals surface area contributed by atoms with Gasteiger partial charge in [0.25, 0.3) is 0 Å². The number of ether oxygens (including phenoxy) is 2. The van der Waals surface area contributed by atoms with Gasteiger partial charge in [0.1, 0.15) is 0 Å². The highest BCUT2D eigenvalue weighted by molar-refractivity contribution is 5.41. The summed E-state index contributed by atoms with van der Waals surface area (Å²) in [7, 11) is 3.39. The van der Waals surface area contributed by atoms with Crippen molar-refractivity contribution in [3.63, 3.8) is 0 Å². The molecule has 1 aromatic heterocycles. The molecule has 0 aromatic carbocycles. The van der Waals surface area contributed by atoms with Crippen LogP contribution in [-0.2, 0) is 4.74 Å². The van der Waals surface area contributed by atoms with E-state index in [1.807, 2.05) is 0 Å². The van der Waals surface area contributed by atoms with Gasteiger partial charge in [0.05, 0.1) is 13.2 Å². The lowest BCUT2D eigenvalue weighted by atomic mass is 9.96. The van der Waals surface area contributed by atoms with E-state index in [-0.39, 0.29) is 6.10 Å². The van der Waals surface area contributed by atoms with Gasteiger partial charge < -0.3 is 19.3 Å². The van der Waals surface area contributed by atoms with E-state index in [4.69, 9.17) is 14.5 Å². The van der Waals surface area contributed by atoms with Crippen LogP contribution in [0.25, 0.3) is 0 Å². The molecule has 3 heterocycles. The molecule has 2 unspecified atom stereocenters. The summed E-state index contributed by atoms with van der Waals surface area (Å²) < 4.78 is 11.0. The standard InChI is InChI=1S/C17H29N5O2/c1-13-8-11-22(12-14(13)23-2)16-18-15(19-17(20-16)24-3)21-9-6-4-5-7-10-21/h13-14H,4-12H2,1-3H3. The Kier molecular flexibility index (Phi) is 5.71. The van der Waals surface area contributed by atoms with Crippen molar-refractivity contribution < 1.29 is 9.47 Å². The largest absolute Gasteiger partial charge is 0.467 e. The molecule has 134 valence electrons. The average Bonchev–Trinajstić information content (AvgIpc) is 2.91. The van der Waals surface area contributed by atoms with Crippen molar-refractivity contribution in [3.8, 4) is 6.01 Å². The van der Waals surface area contributed by atoms with Gasteiger partial charge in [0, 0.05) is 33.3 Å². The average molecular weight is 335 g/mol. The fourth-order valence-electron chi connectivity index (χ4n) is 3.50. The third-order valence-corrected chi connectivity index (χ3v) is 5.14. The number of hydrogen-bond donors (Lipinski definition) is 0. The summed E-state index contributed by atoms with van der Waals surface area (Å²) in [6, 6.07) is 0.395. The maximum atomic E-state index is 5.62. The monoisotopic (exact) mass is 335 g/mol. The highest BCUT2D eigenvalue weighted by Crippen LogP contribution is 2.25. The molecule has 3 rings (SSSR count). The molecular weight excluding hydrogens is 306 g/mol. The van der Waals surface area contributed by atoms with Crippen LogP contribution in [0.4, 0.5) is 11.9 Å². The van der Waals surface area contributed by atoms with Gasteiger partial charge in [0.2, 0.25) is 11.9 Å². The third kappa shape index (κ3) is 3.88. The molecule has 0 saturated carbocycles. The van der Waals surface area contributed by atoms with Gasteiger partial charge in [-0.1, -0.05) is 19.8 Å². The number of hydrogen-bond acceptors (Lipinski definition) is 7. The number of aromatic nitrogens is 3. The quantitative estimate of drug-likeness (QED) is 0.835. The topological polar surface area (TPSA) is 63.6 Å². The molecule has 2 atom stereocenters. The molecule has 0 aliphatic carbocycles. The second kappa shape index (κ2) is 7.96. The van der Waals surface area contributed by atoms with Crippen LogP contribution in [0.2, 0.25) is 0 Å². The summed E-state index contributed by atoms with van der Waals surface area (Å²) in [5.74, 6) is 2.00. The summed E-state index contributed by atoms with van der Waals surface area (Å²) in [6.07, 6.45) is 6.23. The van der Waals surface area contributed by atoms with Crippen molar-refractivity contribution in [2.24, 2.45) is 5.92 Å². The molecule has 2 aliphatic rings. The lowest BCUT2D eigenvalue weighted by Crippen LogP contribution is -2.44.